The van der Waals surface area contributed by atoms with Gasteiger partial charge in [0.05, 0.1) is 5.92 Å². The van der Waals surface area contributed by atoms with Crippen LogP contribution in [-0.2, 0) is 4.79 Å². The molecule has 2 atom stereocenters. The molecule has 0 heterocycles. The molecule has 4 heteroatoms. The SMILES string of the molecule is C=CCSCCNC(=O)C1CCCC1N. The van der Waals surface area contributed by atoms with Crippen molar-refractivity contribution in [3.8, 4) is 0 Å². The molecule has 0 saturated heterocycles. The molecular weight excluding hydrogens is 208 g/mol. The van der Waals surface area contributed by atoms with Gasteiger partial charge >= 0.3 is 0 Å². The fraction of sp³-hybridized carbons (Fsp3) is 0.727. The van der Waals surface area contributed by atoms with Crippen LogP contribution in [0.1, 0.15) is 19.3 Å². The lowest BCUT2D eigenvalue weighted by Crippen LogP contribution is -2.39. The minimum absolute atomic E-state index is 0.0504. The van der Waals surface area contributed by atoms with Gasteiger partial charge in [-0.3, -0.25) is 4.79 Å². The maximum atomic E-state index is 11.7. The van der Waals surface area contributed by atoms with Crippen LogP contribution in [0.3, 0.4) is 0 Å². The van der Waals surface area contributed by atoms with Crippen LogP contribution >= 0.6 is 11.8 Å². The lowest BCUT2D eigenvalue weighted by molar-refractivity contribution is -0.125. The number of nitrogens with two attached hydrogens (primary N) is 1. The number of hydrogen-bond donors (Lipinski definition) is 2. The fourth-order valence-corrected chi connectivity index (χ4v) is 2.44. The fourth-order valence-electron chi connectivity index (χ4n) is 1.86. The molecule has 1 amide bonds. The molecule has 0 aromatic rings. The predicted octanol–water partition coefficient (Wildman–Crippen LogP) is 1.15. The summed E-state index contributed by atoms with van der Waals surface area (Å²) in [5, 5.41) is 2.94. The second-order valence-corrected chi connectivity index (χ2v) is 5.01. The standard InChI is InChI=1S/C11H20N2OS/c1-2-7-15-8-6-13-11(14)9-4-3-5-10(9)12/h2,9-10H,1,3-8,12H2,(H,13,14). The predicted molar refractivity (Wildman–Crippen MR) is 65.8 cm³/mol. The Morgan fingerprint density at radius 1 is 1.60 bits per heavy atom. The molecule has 15 heavy (non-hydrogen) atoms. The maximum absolute atomic E-state index is 11.7. The van der Waals surface area contributed by atoms with Gasteiger partial charge in [0.2, 0.25) is 5.91 Å². The maximum Gasteiger partial charge on any atom is 0.224 e. The topological polar surface area (TPSA) is 55.1 Å². The molecule has 1 aliphatic carbocycles. The highest BCUT2D eigenvalue weighted by atomic mass is 32.2. The van der Waals surface area contributed by atoms with E-state index in [1.165, 1.54) is 0 Å². The number of hydrogen-bond acceptors (Lipinski definition) is 3. The molecule has 1 aliphatic rings. The highest BCUT2D eigenvalue weighted by molar-refractivity contribution is 7.99. The number of thioether (sulfide) groups is 1. The Balaban J connectivity index is 2.10. The van der Waals surface area contributed by atoms with E-state index in [-0.39, 0.29) is 17.9 Å². The number of nitrogens with one attached hydrogen (secondary N) is 1. The van der Waals surface area contributed by atoms with E-state index in [1.807, 2.05) is 6.08 Å². The normalized spacial score (nSPS) is 25.1. The van der Waals surface area contributed by atoms with Crippen molar-refractivity contribution in [2.75, 3.05) is 18.1 Å². The largest absolute Gasteiger partial charge is 0.355 e. The van der Waals surface area contributed by atoms with E-state index in [1.54, 1.807) is 11.8 Å². The average Bonchev–Trinajstić information content (AvgIpc) is 2.64. The molecule has 3 N–H and O–H groups in total. The van der Waals surface area contributed by atoms with Crippen LogP contribution in [0.15, 0.2) is 12.7 Å². The van der Waals surface area contributed by atoms with Gasteiger partial charge in [-0.25, -0.2) is 0 Å². The van der Waals surface area contributed by atoms with Crippen molar-refractivity contribution in [3.05, 3.63) is 12.7 Å². The zero-order valence-electron chi connectivity index (χ0n) is 9.08. The van der Waals surface area contributed by atoms with Crippen LogP contribution in [0.4, 0.5) is 0 Å². The Morgan fingerprint density at radius 3 is 3.00 bits per heavy atom. The van der Waals surface area contributed by atoms with Gasteiger partial charge < -0.3 is 11.1 Å². The van der Waals surface area contributed by atoms with Gasteiger partial charge in [-0.05, 0) is 12.8 Å². The van der Waals surface area contributed by atoms with Crippen molar-refractivity contribution >= 4 is 17.7 Å². The molecule has 0 bridgehead atoms. The first-order valence-electron chi connectivity index (χ1n) is 5.47. The van der Waals surface area contributed by atoms with E-state index in [4.69, 9.17) is 5.73 Å². The molecular formula is C11H20N2OS. The smallest absolute Gasteiger partial charge is 0.224 e. The zero-order valence-corrected chi connectivity index (χ0v) is 9.89. The molecule has 0 spiro atoms. The highest BCUT2D eigenvalue weighted by Crippen LogP contribution is 2.23. The van der Waals surface area contributed by atoms with Crippen molar-refractivity contribution in [3.63, 3.8) is 0 Å². The van der Waals surface area contributed by atoms with Gasteiger partial charge in [0.1, 0.15) is 0 Å². The molecule has 1 fully saturated rings. The molecule has 2 unspecified atom stereocenters. The van der Waals surface area contributed by atoms with E-state index in [9.17, 15) is 4.79 Å². The first-order valence-corrected chi connectivity index (χ1v) is 6.63. The minimum atomic E-state index is 0.0504. The summed E-state index contributed by atoms with van der Waals surface area (Å²) in [5.41, 5.74) is 5.85. The van der Waals surface area contributed by atoms with Gasteiger partial charge in [0, 0.05) is 24.1 Å². The van der Waals surface area contributed by atoms with E-state index >= 15 is 0 Å². The van der Waals surface area contributed by atoms with E-state index in [0.29, 0.717) is 0 Å². The van der Waals surface area contributed by atoms with E-state index < -0.39 is 0 Å². The Labute approximate surface area is 95.9 Å². The molecule has 0 aromatic carbocycles. The Bertz CT molecular complexity index is 221. The number of carbonyl (C=O) groups excluding carboxylic acids is 1. The third-order valence-corrected chi connectivity index (χ3v) is 3.65. The van der Waals surface area contributed by atoms with Crippen molar-refractivity contribution in [2.45, 2.75) is 25.3 Å². The van der Waals surface area contributed by atoms with Crippen molar-refractivity contribution in [1.82, 2.24) is 5.32 Å². The summed E-state index contributed by atoms with van der Waals surface area (Å²) >= 11 is 1.77. The van der Waals surface area contributed by atoms with Gasteiger partial charge in [-0.15, -0.1) is 6.58 Å². The van der Waals surface area contributed by atoms with Gasteiger partial charge in [-0.2, -0.15) is 11.8 Å². The average molecular weight is 228 g/mol. The molecule has 1 saturated carbocycles. The zero-order chi connectivity index (χ0) is 11.1. The van der Waals surface area contributed by atoms with Crippen LogP contribution in [-0.4, -0.2) is 30.0 Å². The van der Waals surface area contributed by atoms with Crippen LogP contribution in [0.25, 0.3) is 0 Å². The summed E-state index contributed by atoms with van der Waals surface area (Å²) in [7, 11) is 0. The first-order chi connectivity index (χ1) is 7.25. The summed E-state index contributed by atoms with van der Waals surface area (Å²) in [6.07, 6.45) is 4.90. The number of rotatable bonds is 6. The van der Waals surface area contributed by atoms with Crippen molar-refractivity contribution < 1.29 is 4.79 Å². The quantitative estimate of drug-likeness (QED) is 0.529. The van der Waals surface area contributed by atoms with Gasteiger partial charge in [0.15, 0.2) is 0 Å². The Hall–Kier alpha value is -0.480. The number of carbonyl (C=O) groups is 1. The van der Waals surface area contributed by atoms with E-state index in [2.05, 4.69) is 11.9 Å². The molecule has 0 radical (unpaired) electrons. The van der Waals surface area contributed by atoms with Gasteiger partial charge in [0.25, 0.3) is 0 Å². The Kier molecular flexibility index (Phi) is 5.79. The van der Waals surface area contributed by atoms with Crippen LogP contribution in [0.5, 0.6) is 0 Å². The molecule has 0 aliphatic heterocycles. The van der Waals surface area contributed by atoms with E-state index in [0.717, 1.165) is 37.3 Å². The Morgan fingerprint density at radius 2 is 2.40 bits per heavy atom. The van der Waals surface area contributed by atoms with Crippen molar-refractivity contribution in [2.24, 2.45) is 11.7 Å². The first kappa shape index (κ1) is 12.6. The molecule has 86 valence electrons. The van der Waals surface area contributed by atoms with Crippen molar-refractivity contribution in [1.29, 1.82) is 0 Å². The third kappa shape index (κ3) is 4.26. The highest BCUT2D eigenvalue weighted by Gasteiger charge is 2.29. The van der Waals surface area contributed by atoms with Crippen LogP contribution < -0.4 is 11.1 Å². The third-order valence-electron chi connectivity index (χ3n) is 2.69. The summed E-state index contributed by atoms with van der Waals surface area (Å²) in [6.45, 7) is 4.38. The molecule has 1 rings (SSSR count). The monoisotopic (exact) mass is 228 g/mol. The van der Waals surface area contributed by atoms with Gasteiger partial charge in [-0.1, -0.05) is 12.5 Å². The summed E-state index contributed by atoms with van der Waals surface area (Å²) in [4.78, 5) is 11.7. The number of amides is 1. The summed E-state index contributed by atoms with van der Waals surface area (Å²) < 4.78 is 0. The second kappa shape index (κ2) is 6.90. The minimum Gasteiger partial charge on any atom is -0.355 e. The second-order valence-electron chi connectivity index (χ2n) is 3.86. The van der Waals surface area contributed by atoms with Crippen LogP contribution in [0.2, 0.25) is 0 Å². The lowest BCUT2D eigenvalue weighted by atomic mass is 10.0. The summed E-state index contributed by atoms with van der Waals surface area (Å²) in [5.74, 6) is 2.08. The summed E-state index contributed by atoms with van der Waals surface area (Å²) in [6, 6.07) is 0.0748. The molecule has 3 nitrogen and oxygen atoms in total. The lowest BCUT2D eigenvalue weighted by Gasteiger charge is -2.14. The molecule has 0 aromatic heterocycles. The van der Waals surface area contributed by atoms with Crippen LogP contribution in [0, 0.1) is 5.92 Å².